The van der Waals surface area contributed by atoms with Gasteiger partial charge in [0, 0.05) is 31.7 Å². The van der Waals surface area contributed by atoms with E-state index < -0.39 is 17.9 Å². The molecule has 1 aromatic carbocycles. The molecule has 10 heteroatoms. The number of nitriles is 1. The molecule has 0 bridgehead atoms. The quantitative estimate of drug-likeness (QED) is 0.522. The van der Waals surface area contributed by atoms with Crippen LogP contribution < -0.4 is 20.4 Å². The smallest absolute Gasteiger partial charge is 0.202 e. The molecule has 1 aliphatic carbocycles. The van der Waals surface area contributed by atoms with E-state index in [9.17, 15) is 19.6 Å². The van der Waals surface area contributed by atoms with E-state index in [-0.39, 0.29) is 51.7 Å². The highest BCUT2D eigenvalue weighted by Gasteiger charge is 2.35. The Hall–Kier alpha value is -2.90. The van der Waals surface area contributed by atoms with E-state index in [2.05, 4.69) is 5.32 Å². The van der Waals surface area contributed by atoms with E-state index in [1.54, 1.807) is 0 Å². The summed E-state index contributed by atoms with van der Waals surface area (Å²) >= 11 is 1.07. The molecule has 0 spiro atoms. The summed E-state index contributed by atoms with van der Waals surface area (Å²) in [5.41, 5.74) is 0.297. The number of thiophene rings is 1. The fourth-order valence-corrected chi connectivity index (χ4v) is 6.20. The summed E-state index contributed by atoms with van der Waals surface area (Å²) in [6.45, 7) is 3.04. The van der Waals surface area contributed by atoms with Gasteiger partial charge in [-0.05, 0) is 38.2 Å². The van der Waals surface area contributed by atoms with Gasteiger partial charge >= 0.3 is 0 Å². The van der Waals surface area contributed by atoms with Crippen LogP contribution in [0.15, 0.2) is 10.9 Å². The van der Waals surface area contributed by atoms with Crippen LogP contribution in [0.25, 0.3) is 21.1 Å². The highest BCUT2D eigenvalue weighted by molar-refractivity contribution is 7.19. The fourth-order valence-electron chi connectivity index (χ4n) is 5.13. The van der Waals surface area contributed by atoms with Crippen LogP contribution in [0.5, 0.6) is 11.5 Å². The zero-order chi connectivity index (χ0) is 24.1. The number of methoxy groups -OCH3 is 1. The van der Waals surface area contributed by atoms with Crippen molar-refractivity contribution in [1.29, 1.82) is 5.26 Å². The van der Waals surface area contributed by atoms with Crippen LogP contribution in [-0.2, 0) is 0 Å². The lowest BCUT2D eigenvalue weighted by Gasteiger charge is -2.26. The van der Waals surface area contributed by atoms with Gasteiger partial charge in [-0.15, -0.1) is 11.3 Å². The van der Waals surface area contributed by atoms with Gasteiger partial charge in [0.15, 0.2) is 17.3 Å². The molecule has 2 atom stereocenters. The molecule has 0 amide bonds. The van der Waals surface area contributed by atoms with Crippen LogP contribution in [0.4, 0.5) is 14.5 Å². The molecule has 34 heavy (non-hydrogen) atoms. The second-order valence-corrected chi connectivity index (χ2v) is 10.1. The third kappa shape index (κ3) is 3.49. The third-order valence-corrected chi connectivity index (χ3v) is 8.09. The van der Waals surface area contributed by atoms with Gasteiger partial charge in [-0.3, -0.25) is 4.79 Å². The molecule has 1 aliphatic heterocycles. The molecule has 2 N–H and O–H groups in total. The van der Waals surface area contributed by atoms with Crippen molar-refractivity contribution >= 4 is 38.1 Å². The first kappa shape index (κ1) is 22.9. The van der Waals surface area contributed by atoms with Gasteiger partial charge in [0.05, 0.1) is 18.0 Å². The number of hydrogen-bond acceptors (Lipinski definition) is 7. The number of aromatic hydroxyl groups is 1. The molecule has 3 aromatic rings. The Morgan fingerprint density at radius 1 is 1.41 bits per heavy atom. The maximum atomic E-state index is 15.6. The second-order valence-electron chi connectivity index (χ2n) is 9.07. The maximum absolute atomic E-state index is 15.6. The Morgan fingerprint density at radius 3 is 2.82 bits per heavy atom. The minimum absolute atomic E-state index is 0.0594. The first-order chi connectivity index (χ1) is 16.4. The SMILES string of the molecule is COc1c(N2CCC(C(C)NCCF)C2)c(F)cc2c(=O)c3c(O)c(C#N)sc3n(C3CC3)c12. The second kappa shape index (κ2) is 8.71. The Bertz CT molecular complexity index is 1380. The maximum Gasteiger partial charge on any atom is 0.202 e. The van der Waals surface area contributed by atoms with Gasteiger partial charge in [-0.25, -0.2) is 8.78 Å². The van der Waals surface area contributed by atoms with Crippen molar-refractivity contribution in [2.24, 2.45) is 5.92 Å². The Balaban J connectivity index is 1.71. The zero-order valence-corrected chi connectivity index (χ0v) is 19.8. The fraction of sp³-hybridized carbons (Fsp3) is 0.500. The number of ether oxygens (including phenoxy) is 1. The molecule has 1 saturated heterocycles. The average Bonchev–Trinajstić information content (AvgIpc) is 3.44. The van der Waals surface area contributed by atoms with Gasteiger partial charge < -0.3 is 24.6 Å². The summed E-state index contributed by atoms with van der Waals surface area (Å²) in [6.07, 6.45) is 2.58. The molecular formula is C24H26F2N4O3S. The largest absolute Gasteiger partial charge is 0.505 e. The van der Waals surface area contributed by atoms with Gasteiger partial charge in [0.25, 0.3) is 0 Å². The predicted molar refractivity (Wildman–Crippen MR) is 129 cm³/mol. The Morgan fingerprint density at radius 2 is 2.18 bits per heavy atom. The van der Waals surface area contributed by atoms with E-state index in [0.717, 1.165) is 30.6 Å². The minimum atomic E-state index is -0.566. The number of nitrogens with one attached hydrogen (secondary N) is 1. The third-order valence-electron chi connectivity index (χ3n) is 7.00. The molecular weight excluding hydrogens is 462 g/mol. The normalized spacial score (nSPS) is 19.1. The van der Waals surface area contributed by atoms with Crippen molar-refractivity contribution < 1.29 is 18.6 Å². The molecule has 2 unspecified atom stereocenters. The topological polar surface area (TPSA) is 90.5 Å². The number of hydrogen-bond donors (Lipinski definition) is 2. The van der Waals surface area contributed by atoms with Crippen LogP contribution in [0.2, 0.25) is 0 Å². The van der Waals surface area contributed by atoms with E-state index in [4.69, 9.17) is 4.74 Å². The van der Waals surface area contributed by atoms with Crippen molar-refractivity contribution in [3.63, 3.8) is 0 Å². The number of pyridine rings is 1. The summed E-state index contributed by atoms with van der Waals surface area (Å²) in [5, 5.41) is 23.3. The molecule has 180 valence electrons. The number of rotatable bonds is 7. The van der Waals surface area contributed by atoms with E-state index >= 15 is 4.39 Å². The summed E-state index contributed by atoms with van der Waals surface area (Å²) in [5.74, 6) is -0.406. The molecule has 2 aliphatic rings. The van der Waals surface area contributed by atoms with Gasteiger partial charge in [0.1, 0.15) is 33.5 Å². The number of aromatic nitrogens is 1. The molecule has 2 fully saturated rings. The van der Waals surface area contributed by atoms with Gasteiger partial charge in [-0.1, -0.05) is 0 Å². The van der Waals surface area contributed by atoms with Crippen molar-refractivity contribution in [2.75, 3.05) is 38.3 Å². The Kier molecular flexibility index (Phi) is 5.86. The molecule has 2 aromatic heterocycles. The van der Waals surface area contributed by atoms with Crippen LogP contribution in [0.3, 0.4) is 0 Å². The minimum Gasteiger partial charge on any atom is -0.505 e. The number of nitrogens with zero attached hydrogens (tertiary/aromatic N) is 3. The van der Waals surface area contributed by atoms with E-state index in [0.29, 0.717) is 29.1 Å². The van der Waals surface area contributed by atoms with Crippen molar-refractivity contribution in [3.05, 3.63) is 27.0 Å². The highest BCUT2D eigenvalue weighted by atomic mass is 32.1. The summed E-state index contributed by atoms with van der Waals surface area (Å²) < 4.78 is 35.9. The predicted octanol–water partition coefficient (Wildman–Crippen LogP) is 4.05. The lowest BCUT2D eigenvalue weighted by atomic mass is 10.0. The molecule has 7 nitrogen and oxygen atoms in total. The Labute approximate surface area is 199 Å². The molecule has 5 rings (SSSR count). The summed E-state index contributed by atoms with van der Waals surface area (Å²) in [6, 6.07) is 3.35. The van der Waals surface area contributed by atoms with Crippen LogP contribution in [0, 0.1) is 23.1 Å². The summed E-state index contributed by atoms with van der Waals surface area (Å²) in [4.78, 5) is 15.9. The molecule has 3 heterocycles. The van der Waals surface area contributed by atoms with Crippen molar-refractivity contribution in [2.45, 2.75) is 38.3 Å². The lowest BCUT2D eigenvalue weighted by Crippen LogP contribution is -2.36. The van der Waals surface area contributed by atoms with E-state index in [1.807, 2.05) is 22.5 Å². The van der Waals surface area contributed by atoms with Crippen LogP contribution in [-0.4, -0.2) is 49.1 Å². The van der Waals surface area contributed by atoms with Crippen molar-refractivity contribution in [3.8, 4) is 17.6 Å². The molecule has 0 radical (unpaired) electrons. The van der Waals surface area contributed by atoms with Gasteiger partial charge in [0.2, 0.25) is 5.43 Å². The standard InChI is InChI=1S/C24H26F2N4O3S/c1-12(28-7-6-25)13-5-8-29(11-13)20-16(26)9-15-19(23(20)33-2)30(14-3-4-14)24-18(21(15)31)22(32)17(10-27)34-24/h9,12-14,28,32H,3-8,11H2,1-2H3. The number of alkyl halides is 1. The number of benzene rings is 1. The summed E-state index contributed by atoms with van der Waals surface area (Å²) in [7, 11) is 1.47. The lowest BCUT2D eigenvalue weighted by molar-refractivity contribution is 0.373. The van der Waals surface area contributed by atoms with Crippen LogP contribution in [0.1, 0.15) is 37.1 Å². The first-order valence-electron chi connectivity index (χ1n) is 11.5. The highest BCUT2D eigenvalue weighted by Crippen LogP contribution is 2.48. The van der Waals surface area contributed by atoms with Gasteiger partial charge in [-0.2, -0.15) is 5.26 Å². The van der Waals surface area contributed by atoms with Crippen molar-refractivity contribution in [1.82, 2.24) is 9.88 Å². The number of anilines is 1. The van der Waals surface area contributed by atoms with E-state index in [1.165, 1.54) is 13.2 Å². The van der Waals surface area contributed by atoms with Crippen LogP contribution >= 0.6 is 11.3 Å². The first-order valence-corrected chi connectivity index (χ1v) is 12.3. The number of halogens is 2. The number of fused-ring (bicyclic) bond motifs is 2. The zero-order valence-electron chi connectivity index (χ0n) is 19.0. The molecule has 1 saturated carbocycles. The average molecular weight is 489 g/mol. The monoisotopic (exact) mass is 488 g/mol.